The van der Waals surface area contributed by atoms with Gasteiger partial charge in [0.1, 0.15) is 11.3 Å². The Labute approximate surface area is 107 Å². The Balaban J connectivity index is 2.19. The maximum atomic E-state index is 13.8. The average Bonchev–Trinajstić information content (AvgIpc) is 2.85. The number of para-hydroxylation sites is 1. The zero-order valence-electron chi connectivity index (χ0n) is 10.0. The van der Waals surface area contributed by atoms with Gasteiger partial charge >= 0.3 is 6.01 Å². The fourth-order valence-corrected chi connectivity index (χ4v) is 1.89. The molecule has 0 spiro atoms. The number of hydrogen-bond acceptors (Lipinski definition) is 5. The van der Waals surface area contributed by atoms with E-state index in [9.17, 15) is 9.50 Å². The Morgan fingerprint density at radius 1 is 1.26 bits per heavy atom. The van der Waals surface area contributed by atoms with Crippen molar-refractivity contribution in [3.05, 3.63) is 36.4 Å². The number of anilines is 2. The third-order valence-corrected chi connectivity index (χ3v) is 2.79. The third kappa shape index (κ3) is 1.85. The summed E-state index contributed by atoms with van der Waals surface area (Å²) in [5.74, 6) is -0.0270. The van der Waals surface area contributed by atoms with Gasteiger partial charge in [0.2, 0.25) is 0 Å². The average molecular weight is 259 g/mol. The van der Waals surface area contributed by atoms with Crippen molar-refractivity contribution in [3.63, 3.8) is 0 Å². The van der Waals surface area contributed by atoms with Gasteiger partial charge in [-0.1, -0.05) is 12.1 Å². The van der Waals surface area contributed by atoms with E-state index in [-0.39, 0.29) is 5.82 Å². The molecule has 0 saturated carbocycles. The van der Waals surface area contributed by atoms with E-state index in [2.05, 4.69) is 19.9 Å². The molecule has 19 heavy (non-hydrogen) atoms. The summed E-state index contributed by atoms with van der Waals surface area (Å²) < 4.78 is 13.8. The molecule has 2 aromatic heterocycles. The Morgan fingerprint density at radius 2 is 2.05 bits per heavy atom. The summed E-state index contributed by atoms with van der Waals surface area (Å²) in [5.41, 5.74) is 1.20. The SMILES string of the molecule is CN(c1ccccc1F)c1nc(O)nc2nc[nH]c12. The number of fused-ring (bicyclic) bond motifs is 1. The first-order valence-corrected chi connectivity index (χ1v) is 5.55. The number of hydrogen-bond donors (Lipinski definition) is 2. The van der Waals surface area contributed by atoms with E-state index in [1.807, 2.05) is 0 Å². The molecule has 7 heteroatoms. The lowest BCUT2D eigenvalue weighted by atomic mass is 10.3. The molecule has 0 fully saturated rings. The summed E-state index contributed by atoms with van der Waals surface area (Å²) in [6, 6.07) is 5.90. The summed E-state index contributed by atoms with van der Waals surface area (Å²) in [6.07, 6.45) is 1.44. The van der Waals surface area contributed by atoms with Gasteiger partial charge < -0.3 is 15.0 Å². The van der Waals surface area contributed by atoms with Gasteiger partial charge in [-0.05, 0) is 12.1 Å². The van der Waals surface area contributed by atoms with Crippen molar-refractivity contribution in [2.75, 3.05) is 11.9 Å². The minimum Gasteiger partial charge on any atom is -0.479 e. The predicted octanol–water partition coefficient (Wildman–Crippen LogP) is 1.97. The lowest BCUT2D eigenvalue weighted by molar-refractivity contribution is 0.433. The van der Waals surface area contributed by atoms with Gasteiger partial charge in [0.25, 0.3) is 0 Å². The van der Waals surface area contributed by atoms with Gasteiger partial charge in [0.15, 0.2) is 11.5 Å². The van der Waals surface area contributed by atoms with E-state index in [1.165, 1.54) is 17.3 Å². The molecule has 2 heterocycles. The van der Waals surface area contributed by atoms with Crippen molar-refractivity contribution in [3.8, 4) is 6.01 Å². The molecule has 2 N–H and O–H groups in total. The number of imidazole rings is 1. The summed E-state index contributed by atoms with van der Waals surface area (Å²) in [4.78, 5) is 16.1. The minimum absolute atomic E-state index is 0.325. The van der Waals surface area contributed by atoms with Crippen LogP contribution in [-0.4, -0.2) is 32.1 Å². The monoisotopic (exact) mass is 259 g/mol. The lowest BCUT2D eigenvalue weighted by Crippen LogP contribution is -2.13. The van der Waals surface area contributed by atoms with Gasteiger partial charge in [-0.25, -0.2) is 9.37 Å². The van der Waals surface area contributed by atoms with E-state index in [1.54, 1.807) is 25.2 Å². The van der Waals surface area contributed by atoms with Crippen LogP contribution in [0.5, 0.6) is 6.01 Å². The van der Waals surface area contributed by atoms with E-state index in [0.717, 1.165) is 0 Å². The minimum atomic E-state index is -0.405. The molecule has 0 radical (unpaired) electrons. The highest BCUT2D eigenvalue weighted by molar-refractivity contribution is 5.86. The summed E-state index contributed by atoms with van der Waals surface area (Å²) in [7, 11) is 1.65. The number of nitrogens with zero attached hydrogens (tertiary/aromatic N) is 4. The molecule has 0 aliphatic rings. The number of rotatable bonds is 2. The van der Waals surface area contributed by atoms with Crippen molar-refractivity contribution < 1.29 is 9.50 Å². The van der Waals surface area contributed by atoms with Gasteiger partial charge in [-0.15, -0.1) is 0 Å². The van der Waals surface area contributed by atoms with E-state index >= 15 is 0 Å². The van der Waals surface area contributed by atoms with Crippen molar-refractivity contribution >= 4 is 22.7 Å². The number of aromatic hydroxyl groups is 1. The predicted molar refractivity (Wildman–Crippen MR) is 67.8 cm³/mol. The zero-order valence-corrected chi connectivity index (χ0v) is 10.0. The first-order chi connectivity index (χ1) is 9.16. The second kappa shape index (κ2) is 4.20. The smallest absolute Gasteiger partial charge is 0.318 e. The normalized spacial score (nSPS) is 10.8. The molecule has 0 atom stereocenters. The Kier molecular flexibility index (Phi) is 2.52. The van der Waals surface area contributed by atoms with Crippen LogP contribution in [0.4, 0.5) is 15.9 Å². The number of aromatic amines is 1. The van der Waals surface area contributed by atoms with Crippen LogP contribution in [0.25, 0.3) is 11.2 Å². The van der Waals surface area contributed by atoms with Crippen LogP contribution in [0, 0.1) is 5.82 Å². The molecule has 0 bridgehead atoms. The lowest BCUT2D eigenvalue weighted by Gasteiger charge is -2.19. The molecule has 0 aliphatic carbocycles. The largest absolute Gasteiger partial charge is 0.479 e. The molecule has 0 saturated heterocycles. The Bertz CT molecular complexity index is 742. The molecule has 0 amide bonds. The molecule has 0 aliphatic heterocycles. The van der Waals surface area contributed by atoms with Crippen LogP contribution in [-0.2, 0) is 0 Å². The summed E-state index contributed by atoms with van der Waals surface area (Å²) in [6.45, 7) is 0. The molecular weight excluding hydrogens is 249 g/mol. The highest BCUT2D eigenvalue weighted by Gasteiger charge is 2.16. The topological polar surface area (TPSA) is 77.9 Å². The molecule has 3 rings (SSSR count). The van der Waals surface area contributed by atoms with E-state index in [4.69, 9.17) is 0 Å². The van der Waals surface area contributed by atoms with Crippen molar-refractivity contribution in [2.45, 2.75) is 0 Å². The first-order valence-electron chi connectivity index (χ1n) is 5.55. The summed E-state index contributed by atoms with van der Waals surface area (Å²) >= 11 is 0. The van der Waals surface area contributed by atoms with Crippen LogP contribution < -0.4 is 4.90 Å². The molecule has 6 nitrogen and oxygen atoms in total. The maximum Gasteiger partial charge on any atom is 0.318 e. The molecule has 96 valence electrons. The van der Waals surface area contributed by atoms with Crippen LogP contribution in [0.2, 0.25) is 0 Å². The second-order valence-corrected chi connectivity index (χ2v) is 3.96. The third-order valence-electron chi connectivity index (χ3n) is 2.79. The van der Waals surface area contributed by atoms with Crippen LogP contribution >= 0.6 is 0 Å². The fraction of sp³-hybridized carbons (Fsp3) is 0.0833. The van der Waals surface area contributed by atoms with Gasteiger partial charge in [-0.3, -0.25) is 0 Å². The highest BCUT2D eigenvalue weighted by atomic mass is 19.1. The quantitative estimate of drug-likeness (QED) is 0.735. The van der Waals surface area contributed by atoms with Gasteiger partial charge in [0, 0.05) is 7.05 Å². The number of halogens is 1. The number of nitrogens with one attached hydrogen (secondary N) is 1. The van der Waals surface area contributed by atoms with Crippen molar-refractivity contribution in [1.82, 2.24) is 19.9 Å². The fourth-order valence-electron chi connectivity index (χ4n) is 1.89. The molecule has 3 aromatic rings. The molecular formula is C12H10FN5O. The van der Waals surface area contributed by atoms with Crippen molar-refractivity contribution in [1.29, 1.82) is 0 Å². The number of aromatic nitrogens is 4. The van der Waals surface area contributed by atoms with Crippen molar-refractivity contribution in [2.24, 2.45) is 0 Å². The standard InChI is InChI=1S/C12H10FN5O/c1-18(8-5-3-2-4-7(8)13)11-9-10(15-6-14-9)16-12(19)17-11/h2-6H,1H3,(H2,14,15,16,17,19). The summed E-state index contributed by atoms with van der Waals surface area (Å²) in [5, 5.41) is 9.50. The molecule has 1 aromatic carbocycles. The first kappa shape index (κ1) is 11.4. The van der Waals surface area contributed by atoms with E-state index < -0.39 is 6.01 Å². The molecule has 0 unspecified atom stereocenters. The zero-order chi connectivity index (χ0) is 13.4. The van der Waals surface area contributed by atoms with Gasteiger partial charge in [-0.2, -0.15) is 9.97 Å². The van der Waals surface area contributed by atoms with Crippen LogP contribution in [0.1, 0.15) is 0 Å². The Hall–Kier alpha value is -2.70. The highest BCUT2D eigenvalue weighted by Crippen LogP contribution is 2.29. The number of benzene rings is 1. The van der Waals surface area contributed by atoms with E-state index in [0.29, 0.717) is 22.7 Å². The van der Waals surface area contributed by atoms with Crippen LogP contribution in [0.15, 0.2) is 30.6 Å². The maximum absolute atomic E-state index is 13.8. The van der Waals surface area contributed by atoms with Gasteiger partial charge in [0.05, 0.1) is 12.0 Å². The number of H-pyrrole nitrogens is 1. The van der Waals surface area contributed by atoms with Crippen LogP contribution in [0.3, 0.4) is 0 Å². The second-order valence-electron chi connectivity index (χ2n) is 3.96. The Morgan fingerprint density at radius 3 is 2.84 bits per heavy atom.